The molecule has 5 heteroatoms. The zero-order valence-corrected chi connectivity index (χ0v) is 30.9. The average Bonchev–Trinajstić information content (AvgIpc) is 3.85. The molecule has 0 spiro atoms. The number of furan rings is 1. The third-order valence-corrected chi connectivity index (χ3v) is 11.7. The van der Waals surface area contributed by atoms with E-state index in [0.29, 0.717) is 17.5 Å². The molecule has 262 valence electrons. The van der Waals surface area contributed by atoms with Gasteiger partial charge in [-0.1, -0.05) is 146 Å². The van der Waals surface area contributed by atoms with Crippen molar-refractivity contribution in [3.05, 3.63) is 188 Å². The second kappa shape index (κ2) is 13.3. The molecular weight excluding hydrogens is 703 g/mol. The summed E-state index contributed by atoms with van der Waals surface area (Å²) in [5, 5.41) is 4.71. The van der Waals surface area contributed by atoms with Gasteiger partial charge >= 0.3 is 0 Å². The predicted molar refractivity (Wildman–Crippen MR) is 233 cm³/mol. The van der Waals surface area contributed by atoms with Gasteiger partial charge in [0, 0.05) is 47.6 Å². The van der Waals surface area contributed by atoms with Crippen molar-refractivity contribution in [1.29, 1.82) is 0 Å². The summed E-state index contributed by atoms with van der Waals surface area (Å²) >= 11 is 1.84. The second-order valence-corrected chi connectivity index (χ2v) is 15.1. The summed E-state index contributed by atoms with van der Waals surface area (Å²) in [4.78, 5) is 15.3. The Hall–Kier alpha value is -7.21. The van der Waals surface area contributed by atoms with Crippen LogP contribution in [0.1, 0.15) is 0 Å². The van der Waals surface area contributed by atoms with Crippen LogP contribution in [0.15, 0.2) is 192 Å². The normalized spacial score (nSPS) is 11.6. The van der Waals surface area contributed by atoms with Gasteiger partial charge in [0.25, 0.3) is 0 Å². The average molecular weight is 734 g/mol. The van der Waals surface area contributed by atoms with Gasteiger partial charge in [-0.05, 0) is 75.8 Å². The minimum absolute atomic E-state index is 0.579. The summed E-state index contributed by atoms with van der Waals surface area (Å²) in [6, 6.07) is 65.8. The molecule has 11 aromatic rings. The van der Waals surface area contributed by atoms with Crippen molar-refractivity contribution in [2.75, 3.05) is 0 Å². The van der Waals surface area contributed by atoms with Crippen LogP contribution in [0.2, 0.25) is 0 Å². The van der Waals surface area contributed by atoms with Gasteiger partial charge in [0.05, 0.1) is 0 Å². The van der Waals surface area contributed by atoms with Crippen LogP contribution in [0.25, 0.3) is 110 Å². The second-order valence-electron chi connectivity index (χ2n) is 14.0. The Balaban J connectivity index is 1.09. The summed E-state index contributed by atoms with van der Waals surface area (Å²) in [6.45, 7) is 0. The number of fused-ring (bicyclic) bond motifs is 6. The van der Waals surface area contributed by atoms with Crippen LogP contribution in [0.3, 0.4) is 0 Å². The first-order valence-electron chi connectivity index (χ1n) is 18.7. The molecule has 0 N–H and O–H groups in total. The lowest BCUT2D eigenvalue weighted by atomic mass is 9.94. The van der Waals surface area contributed by atoms with E-state index in [1.165, 1.54) is 25.7 Å². The molecule has 0 saturated carbocycles. The molecule has 0 amide bonds. The maximum Gasteiger partial charge on any atom is 0.164 e. The number of benzene rings is 8. The van der Waals surface area contributed by atoms with Gasteiger partial charge < -0.3 is 4.42 Å². The van der Waals surface area contributed by atoms with Crippen LogP contribution in [0, 0.1) is 0 Å². The lowest BCUT2D eigenvalue weighted by Crippen LogP contribution is -2.00. The van der Waals surface area contributed by atoms with Crippen molar-refractivity contribution in [1.82, 2.24) is 15.0 Å². The molecular formula is C51H31N3OS. The molecule has 3 aromatic heterocycles. The van der Waals surface area contributed by atoms with Crippen molar-refractivity contribution >= 4 is 53.4 Å². The van der Waals surface area contributed by atoms with Gasteiger partial charge in [-0.2, -0.15) is 0 Å². The van der Waals surface area contributed by atoms with Crippen molar-refractivity contribution in [2.24, 2.45) is 0 Å². The zero-order chi connectivity index (χ0) is 37.0. The molecule has 0 aliphatic heterocycles. The predicted octanol–water partition coefficient (Wildman–Crippen LogP) is 14.1. The van der Waals surface area contributed by atoms with Gasteiger partial charge in [0.15, 0.2) is 17.5 Å². The number of aromatic nitrogens is 3. The SMILES string of the molecule is c1ccc(-c2ccc(-c3nc(-c4ccccc4)nc(-c4cc(-c5cccc(-c6ccc7sc8ccccc8c7c6)c5)c5c(c4)oc4ccccc45)n3)cc2)cc1. The first-order valence-corrected chi connectivity index (χ1v) is 19.5. The molecule has 11 rings (SSSR count). The van der Waals surface area contributed by atoms with Crippen LogP contribution >= 0.6 is 11.3 Å². The van der Waals surface area contributed by atoms with Gasteiger partial charge in [0.2, 0.25) is 0 Å². The van der Waals surface area contributed by atoms with Crippen LogP contribution in [-0.4, -0.2) is 15.0 Å². The van der Waals surface area contributed by atoms with Gasteiger partial charge in [-0.25, -0.2) is 15.0 Å². The zero-order valence-electron chi connectivity index (χ0n) is 30.1. The van der Waals surface area contributed by atoms with Crippen LogP contribution < -0.4 is 0 Å². The Labute approximate surface area is 327 Å². The Bertz CT molecular complexity index is 3240. The maximum absolute atomic E-state index is 6.59. The largest absolute Gasteiger partial charge is 0.456 e. The minimum atomic E-state index is 0.579. The number of rotatable bonds is 6. The van der Waals surface area contributed by atoms with Crippen LogP contribution in [-0.2, 0) is 0 Å². The van der Waals surface area contributed by atoms with Gasteiger partial charge in [-0.3, -0.25) is 0 Å². The maximum atomic E-state index is 6.59. The molecule has 56 heavy (non-hydrogen) atoms. The molecule has 0 aliphatic rings. The fourth-order valence-corrected chi connectivity index (χ4v) is 8.86. The van der Waals surface area contributed by atoms with Gasteiger partial charge in [-0.15, -0.1) is 11.3 Å². The van der Waals surface area contributed by atoms with Crippen molar-refractivity contribution in [2.45, 2.75) is 0 Å². The Morgan fingerprint density at radius 1 is 0.321 bits per heavy atom. The fourth-order valence-electron chi connectivity index (χ4n) is 7.78. The molecule has 0 fully saturated rings. The van der Waals surface area contributed by atoms with E-state index < -0.39 is 0 Å². The third kappa shape index (κ3) is 5.65. The smallest absolute Gasteiger partial charge is 0.164 e. The summed E-state index contributed by atoms with van der Waals surface area (Å²) in [7, 11) is 0. The summed E-state index contributed by atoms with van der Waals surface area (Å²) in [5.41, 5.74) is 11.1. The highest BCUT2D eigenvalue weighted by Crippen LogP contribution is 2.42. The van der Waals surface area contributed by atoms with Crippen molar-refractivity contribution in [3.8, 4) is 67.5 Å². The molecule has 0 atom stereocenters. The van der Waals surface area contributed by atoms with Gasteiger partial charge in [0.1, 0.15) is 11.2 Å². The molecule has 0 radical (unpaired) electrons. The van der Waals surface area contributed by atoms with E-state index in [1.807, 2.05) is 59.9 Å². The number of nitrogens with zero attached hydrogens (tertiary/aromatic N) is 3. The number of hydrogen-bond donors (Lipinski definition) is 0. The lowest BCUT2D eigenvalue weighted by molar-refractivity contribution is 0.669. The molecule has 0 saturated heterocycles. The molecule has 0 aliphatic carbocycles. The highest BCUT2D eigenvalue weighted by atomic mass is 32.1. The summed E-state index contributed by atoms with van der Waals surface area (Å²) < 4.78 is 9.19. The minimum Gasteiger partial charge on any atom is -0.456 e. The number of thiophene rings is 1. The van der Waals surface area contributed by atoms with E-state index in [4.69, 9.17) is 19.4 Å². The third-order valence-electron chi connectivity index (χ3n) is 10.5. The first-order chi connectivity index (χ1) is 27.7. The molecule has 0 bridgehead atoms. The molecule has 3 heterocycles. The standard InChI is InChI=1S/C51H31N3OS/c1-3-12-32(13-4-1)33-22-24-35(25-23-33)50-52-49(34-14-5-2-6-15-34)53-51(54-50)39-30-42(48-41-19-7-9-20-44(41)55-45(48)31-39)38-17-11-16-36(28-38)37-26-27-47-43(29-37)40-18-8-10-21-46(40)56-47/h1-31H. The molecule has 8 aromatic carbocycles. The van der Waals surface area contributed by atoms with E-state index in [-0.39, 0.29) is 0 Å². The van der Waals surface area contributed by atoms with Crippen molar-refractivity contribution in [3.63, 3.8) is 0 Å². The van der Waals surface area contributed by atoms with Crippen LogP contribution in [0.5, 0.6) is 0 Å². The topological polar surface area (TPSA) is 51.8 Å². The van der Waals surface area contributed by atoms with E-state index in [1.54, 1.807) is 0 Å². The first kappa shape index (κ1) is 32.2. The van der Waals surface area contributed by atoms with E-state index in [0.717, 1.165) is 66.4 Å². The number of para-hydroxylation sites is 1. The van der Waals surface area contributed by atoms with Crippen molar-refractivity contribution < 1.29 is 4.42 Å². The Kier molecular flexibility index (Phi) is 7.64. The molecule has 4 nitrogen and oxygen atoms in total. The van der Waals surface area contributed by atoms with E-state index in [2.05, 4.69) is 140 Å². The summed E-state index contributed by atoms with van der Waals surface area (Å²) in [5.74, 6) is 1.80. The monoisotopic (exact) mass is 733 g/mol. The molecule has 0 unspecified atom stereocenters. The Morgan fingerprint density at radius 2 is 0.857 bits per heavy atom. The fraction of sp³-hybridized carbons (Fsp3) is 0. The lowest BCUT2D eigenvalue weighted by Gasteiger charge is -2.12. The van der Waals surface area contributed by atoms with E-state index >= 15 is 0 Å². The highest BCUT2D eigenvalue weighted by Gasteiger charge is 2.19. The highest BCUT2D eigenvalue weighted by molar-refractivity contribution is 7.25. The quantitative estimate of drug-likeness (QED) is 0.171. The van der Waals surface area contributed by atoms with E-state index in [9.17, 15) is 0 Å². The number of hydrogen-bond acceptors (Lipinski definition) is 5. The summed E-state index contributed by atoms with van der Waals surface area (Å²) in [6.07, 6.45) is 0. The Morgan fingerprint density at radius 3 is 1.64 bits per heavy atom. The van der Waals surface area contributed by atoms with Crippen LogP contribution in [0.4, 0.5) is 0 Å².